The molecule has 1 unspecified atom stereocenters. The smallest absolute Gasteiger partial charge is 0.270 e. The summed E-state index contributed by atoms with van der Waals surface area (Å²) >= 11 is 5.32. The Morgan fingerprint density at radius 1 is 1.53 bits per heavy atom. The van der Waals surface area contributed by atoms with Crippen LogP contribution in [0.4, 0.5) is 5.69 Å². The molecule has 0 aliphatic rings. The molecular weight excluding hydrogens is 328 g/mol. The zero-order valence-corrected chi connectivity index (χ0v) is 13.6. The summed E-state index contributed by atoms with van der Waals surface area (Å²) in [5.74, 6) is 2.31. The van der Waals surface area contributed by atoms with Gasteiger partial charge >= 0.3 is 0 Å². The Bertz CT molecular complexity index is 429. The fourth-order valence-electron chi connectivity index (χ4n) is 1.58. The van der Waals surface area contributed by atoms with E-state index in [1.807, 2.05) is 11.8 Å². The van der Waals surface area contributed by atoms with E-state index in [0.29, 0.717) is 6.04 Å². The monoisotopic (exact) mass is 346 g/mol. The van der Waals surface area contributed by atoms with E-state index < -0.39 is 0 Å². The van der Waals surface area contributed by atoms with Crippen LogP contribution in [0.15, 0.2) is 22.7 Å². The Balaban J connectivity index is 2.47. The van der Waals surface area contributed by atoms with Gasteiger partial charge in [0.05, 0.1) is 4.92 Å². The third kappa shape index (κ3) is 5.93. The maximum absolute atomic E-state index is 10.6. The lowest BCUT2D eigenvalue weighted by Crippen LogP contribution is -2.26. The summed E-state index contributed by atoms with van der Waals surface area (Å²) in [5, 5.41) is 14.1. The predicted molar refractivity (Wildman–Crippen MR) is 84.7 cm³/mol. The summed E-state index contributed by atoms with van der Waals surface area (Å²) in [6, 6.07) is 5.33. The first kappa shape index (κ1) is 16.5. The predicted octanol–water partition coefficient (Wildman–Crippen LogP) is 3.98. The number of rotatable bonds is 8. The van der Waals surface area contributed by atoms with Crippen LogP contribution < -0.4 is 5.32 Å². The fourth-order valence-corrected chi connectivity index (χ4v) is 2.90. The molecule has 1 rings (SSSR count). The average Bonchev–Trinajstić information content (AvgIpc) is 2.37. The van der Waals surface area contributed by atoms with Crippen molar-refractivity contribution in [2.45, 2.75) is 32.9 Å². The molecule has 0 saturated carbocycles. The van der Waals surface area contributed by atoms with Crippen molar-refractivity contribution in [3.8, 4) is 0 Å². The topological polar surface area (TPSA) is 55.2 Å². The normalized spacial score (nSPS) is 12.4. The highest BCUT2D eigenvalue weighted by Crippen LogP contribution is 2.23. The van der Waals surface area contributed by atoms with Crippen molar-refractivity contribution < 1.29 is 4.92 Å². The molecule has 0 fully saturated rings. The van der Waals surface area contributed by atoms with Crippen molar-refractivity contribution in [2.24, 2.45) is 0 Å². The molecule has 1 N–H and O–H groups in total. The van der Waals surface area contributed by atoms with E-state index in [2.05, 4.69) is 35.1 Å². The maximum Gasteiger partial charge on any atom is 0.270 e. The van der Waals surface area contributed by atoms with E-state index in [-0.39, 0.29) is 10.6 Å². The Labute approximate surface area is 126 Å². The molecule has 0 aliphatic heterocycles. The summed E-state index contributed by atoms with van der Waals surface area (Å²) in [7, 11) is 0. The summed E-state index contributed by atoms with van der Waals surface area (Å²) < 4.78 is 0.782. The number of non-ortho nitro benzene ring substituents is 1. The molecule has 1 aromatic carbocycles. The Morgan fingerprint density at radius 2 is 2.26 bits per heavy atom. The van der Waals surface area contributed by atoms with Gasteiger partial charge in [0.25, 0.3) is 5.69 Å². The van der Waals surface area contributed by atoms with Gasteiger partial charge in [0, 0.05) is 29.2 Å². The lowest BCUT2D eigenvalue weighted by molar-refractivity contribution is -0.384. The maximum atomic E-state index is 10.6. The van der Waals surface area contributed by atoms with Crippen LogP contribution in [0.2, 0.25) is 0 Å². The first-order valence-electron chi connectivity index (χ1n) is 6.28. The molecule has 19 heavy (non-hydrogen) atoms. The minimum atomic E-state index is -0.382. The molecular formula is C13H19BrN2O2S. The number of nitrogens with one attached hydrogen (secondary N) is 1. The molecule has 1 aromatic rings. The van der Waals surface area contributed by atoms with Crippen molar-refractivity contribution in [3.63, 3.8) is 0 Å². The first-order valence-corrected chi connectivity index (χ1v) is 8.23. The van der Waals surface area contributed by atoms with Crippen LogP contribution in [-0.2, 0) is 6.54 Å². The van der Waals surface area contributed by atoms with Crippen LogP contribution in [0.3, 0.4) is 0 Å². The van der Waals surface area contributed by atoms with Crippen LogP contribution in [0.5, 0.6) is 0 Å². The molecule has 0 radical (unpaired) electrons. The van der Waals surface area contributed by atoms with E-state index in [1.165, 1.54) is 0 Å². The highest BCUT2D eigenvalue weighted by molar-refractivity contribution is 9.10. The molecule has 106 valence electrons. The molecule has 0 bridgehead atoms. The second-order valence-corrected chi connectivity index (χ2v) is 6.55. The second kappa shape index (κ2) is 8.55. The van der Waals surface area contributed by atoms with Crippen molar-refractivity contribution >= 4 is 33.4 Å². The quantitative estimate of drug-likeness (QED) is 0.439. The van der Waals surface area contributed by atoms with Gasteiger partial charge in [-0.2, -0.15) is 11.8 Å². The first-order chi connectivity index (χ1) is 9.04. The molecule has 0 aliphatic carbocycles. The molecule has 0 spiro atoms. The molecule has 0 amide bonds. The van der Waals surface area contributed by atoms with Gasteiger partial charge in [-0.25, -0.2) is 0 Å². The lowest BCUT2D eigenvalue weighted by Gasteiger charge is -2.14. The van der Waals surface area contributed by atoms with Gasteiger partial charge in [-0.1, -0.05) is 22.9 Å². The van der Waals surface area contributed by atoms with Gasteiger partial charge in [0.2, 0.25) is 0 Å². The molecule has 4 nitrogen and oxygen atoms in total. The van der Waals surface area contributed by atoms with Crippen LogP contribution in [0, 0.1) is 10.1 Å². The number of nitro benzene ring substituents is 1. The molecule has 0 saturated heterocycles. The van der Waals surface area contributed by atoms with Crippen molar-refractivity contribution in [3.05, 3.63) is 38.3 Å². The van der Waals surface area contributed by atoms with E-state index in [4.69, 9.17) is 0 Å². The Hall–Kier alpha value is -0.590. The number of thioether (sulfide) groups is 1. The Morgan fingerprint density at radius 3 is 2.84 bits per heavy atom. The van der Waals surface area contributed by atoms with Gasteiger partial charge in [-0.15, -0.1) is 0 Å². The Kier molecular flexibility index (Phi) is 7.41. The molecule has 0 aromatic heterocycles. The largest absolute Gasteiger partial charge is 0.310 e. The minimum absolute atomic E-state index is 0.114. The number of hydrogen-bond donors (Lipinski definition) is 1. The summed E-state index contributed by atoms with van der Waals surface area (Å²) in [6.07, 6.45) is 1.13. The SMILES string of the molecule is CCSCCC(C)NCc1ccc([N+](=O)[O-])cc1Br. The van der Waals surface area contributed by atoms with E-state index >= 15 is 0 Å². The highest BCUT2D eigenvalue weighted by Gasteiger charge is 2.09. The van der Waals surface area contributed by atoms with Gasteiger partial charge in [0.1, 0.15) is 0 Å². The zero-order valence-electron chi connectivity index (χ0n) is 11.2. The summed E-state index contributed by atoms with van der Waals surface area (Å²) in [4.78, 5) is 10.3. The van der Waals surface area contributed by atoms with Crippen LogP contribution >= 0.6 is 27.7 Å². The van der Waals surface area contributed by atoms with E-state index in [0.717, 1.165) is 34.5 Å². The van der Waals surface area contributed by atoms with Gasteiger partial charge in [0.15, 0.2) is 0 Å². The zero-order chi connectivity index (χ0) is 14.3. The summed E-state index contributed by atoms with van der Waals surface area (Å²) in [6.45, 7) is 5.04. The second-order valence-electron chi connectivity index (χ2n) is 4.30. The van der Waals surface area contributed by atoms with E-state index in [1.54, 1.807) is 18.2 Å². The summed E-state index contributed by atoms with van der Waals surface area (Å²) in [5.41, 5.74) is 1.16. The third-order valence-corrected chi connectivity index (χ3v) is 4.46. The van der Waals surface area contributed by atoms with E-state index in [9.17, 15) is 10.1 Å². The molecule has 6 heteroatoms. The number of nitro groups is 1. The van der Waals surface area contributed by atoms with Gasteiger partial charge in [-0.3, -0.25) is 10.1 Å². The van der Waals surface area contributed by atoms with Gasteiger partial charge in [-0.05, 0) is 36.5 Å². The van der Waals surface area contributed by atoms with Crippen LogP contribution in [0.25, 0.3) is 0 Å². The van der Waals surface area contributed by atoms with Crippen molar-refractivity contribution in [1.82, 2.24) is 5.32 Å². The highest BCUT2D eigenvalue weighted by atomic mass is 79.9. The standard InChI is InChI=1S/C13H19BrN2O2S/c1-3-19-7-6-10(2)15-9-11-4-5-12(16(17)18)8-13(11)14/h4-5,8,10,15H,3,6-7,9H2,1-2H3. The molecule has 1 atom stereocenters. The lowest BCUT2D eigenvalue weighted by atomic mass is 10.2. The number of nitrogens with zero attached hydrogens (tertiary/aromatic N) is 1. The average molecular weight is 347 g/mol. The fraction of sp³-hybridized carbons (Fsp3) is 0.538. The third-order valence-electron chi connectivity index (χ3n) is 2.79. The number of benzene rings is 1. The minimum Gasteiger partial charge on any atom is -0.310 e. The number of hydrogen-bond acceptors (Lipinski definition) is 4. The number of halogens is 1. The molecule has 0 heterocycles. The van der Waals surface area contributed by atoms with Crippen LogP contribution in [0.1, 0.15) is 25.8 Å². The van der Waals surface area contributed by atoms with Crippen LogP contribution in [-0.4, -0.2) is 22.5 Å². The van der Waals surface area contributed by atoms with Gasteiger partial charge < -0.3 is 5.32 Å². The van der Waals surface area contributed by atoms with Crippen molar-refractivity contribution in [1.29, 1.82) is 0 Å². The van der Waals surface area contributed by atoms with Crippen molar-refractivity contribution in [2.75, 3.05) is 11.5 Å².